The normalized spacial score (nSPS) is 38.2. The lowest BCUT2D eigenvalue weighted by Gasteiger charge is -2.19. The van der Waals surface area contributed by atoms with E-state index in [9.17, 15) is 0 Å². The van der Waals surface area contributed by atoms with Crippen LogP contribution >= 0.6 is 0 Å². The highest BCUT2D eigenvalue weighted by atomic mass is 16.5. The highest BCUT2D eigenvalue weighted by molar-refractivity contribution is 4.94. The summed E-state index contributed by atoms with van der Waals surface area (Å²) < 4.78 is 5.45. The molecular weight excluding hydrogens is 102 g/mol. The van der Waals surface area contributed by atoms with Gasteiger partial charge in [-0.25, -0.2) is 0 Å². The number of hydrogen-bond acceptors (Lipinski definition) is 2. The van der Waals surface area contributed by atoms with Gasteiger partial charge in [-0.3, -0.25) is 0 Å². The summed E-state index contributed by atoms with van der Waals surface area (Å²) in [6.07, 6.45) is 4.21. The van der Waals surface area contributed by atoms with Gasteiger partial charge in [0.1, 0.15) is 6.10 Å². The Balaban J connectivity index is 2.03. The molecule has 2 aliphatic rings. The third-order valence-electron chi connectivity index (χ3n) is 1.77. The maximum Gasteiger partial charge on any atom is 0.111 e. The van der Waals surface area contributed by atoms with E-state index < -0.39 is 0 Å². The average molecular weight is 112 g/mol. The molecule has 8 heavy (non-hydrogen) atoms. The summed E-state index contributed by atoms with van der Waals surface area (Å²) >= 11 is 0. The van der Waals surface area contributed by atoms with Crippen LogP contribution in [-0.2, 0) is 4.74 Å². The molecule has 2 rings (SSSR count). The summed E-state index contributed by atoms with van der Waals surface area (Å²) in [4.78, 5) is 0. The van der Waals surface area contributed by atoms with Crippen LogP contribution in [0.5, 0.6) is 0 Å². The zero-order valence-electron chi connectivity index (χ0n) is 4.81. The molecule has 2 fully saturated rings. The van der Waals surface area contributed by atoms with Crippen LogP contribution in [-0.4, -0.2) is 19.2 Å². The molecule has 2 saturated heterocycles. The van der Waals surface area contributed by atoms with Crippen molar-refractivity contribution in [3.63, 3.8) is 0 Å². The highest BCUT2D eigenvalue weighted by Gasteiger charge is 2.29. The largest absolute Gasteiger partial charge is 0.366 e. The van der Waals surface area contributed by atoms with Crippen LogP contribution < -0.4 is 5.32 Å². The van der Waals surface area contributed by atoms with E-state index in [1.807, 2.05) is 0 Å². The molecule has 2 bridgehead atoms. The third-order valence-corrected chi connectivity index (χ3v) is 1.77. The zero-order valence-corrected chi connectivity index (χ0v) is 4.81. The molecule has 0 aromatic rings. The molecule has 1 atom stereocenters. The summed E-state index contributed by atoms with van der Waals surface area (Å²) in [5, 5.41) is 3.28. The summed E-state index contributed by atoms with van der Waals surface area (Å²) in [7, 11) is 0. The first-order valence-electron chi connectivity index (χ1n) is 3.17. The maximum atomic E-state index is 5.45. The van der Waals surface area contributed by atoms with Crippen LogP contribution in [0.2, 0.25) is 0 Å². The van der Waals surface area contributed by atoms with Gasteiger partial charge < -0.3 is 10.1 Å². The Hall–Kier alpha value is -0.0800. The highest BCUT2D eigenvalue weighted by Crippen LogP contribution is 2.27. The van der Waals surface area contributed by atoms with Gasteiger partial charge in [-0.05, 0) is 12.8 Å². The second kappa shape index (κ2) is 1.71. The number of fused-ring (bicyclic) bond motifs is 2. The van der Waals surface area contributed by atoms with Gasteiger partial charge in [-0.1, -0.05) is 0 Å². The van der Waals surface area contributed by atoms with E-state index in [4.69, 9.17) is 4.74 Å². The molecule has 0 aromatic carbocycles. The molecule has 1 N–H and O–H groups in total. The first-order valence-corrected chi connectivity index (χ1v) is 3.17. The van der Waals surface area contributed by atoms with Gasteiger partial charge in [0.15, 0.2) is 0 Å². The first kappa shape index (κ1) is 4.77. The van der Waals surface area contributed by atoms with Crippen molar-refractivity contribution in [2.75, 3.05) is 13.1 Å². The van der Waals surface area contributed by atoms with Gasteiger partial charge in [0.2, 0.25) is 0 Å². The molecule has 0 aliphatic carbocycles. The fraction of sp³-hybridized carbons (Fsp3) is 0.833. The Morgan fingerprint density at radius 2 is 2.62 bits per heavy atom. The maximum absolute atomic E-state index is 5.45. The lowest BCUT2D eigenvalue weighted by molar-refractivity contribution is 0.0828. The Kier molecular flexibility index (Phi) is 1.02. The Morgan fingerprint density at radius 1 is 1.62 bits per heavy atom. The molecule has 1 radical (unpaired) electrons. The van der Waals surface area contributed by atoms with Gasteiger partial charge in [0, 0.05) is 13.1 Å². The van der Waals surface area contributed by atoms with Crippen LogP contribution in [0.15, 0.2) is 0 Å². The van der Waals surface area contributed by atoms with Gasteiger partial charge in [0.25, 0.3) is 0 Å². The number of ether oxygens (including phenoxy) is 1. The van der Waals surface area contributed by atoms with Crippen LogP contribution in [0.4, 0.5) is 0 Å². The molecule has 2 nitrogen and oxygen atoms in total. The monoisotopic (exact) mass is 112 g/mol. The fourth-order valence-electron chi connectivity index (χ4n) is 1.32. The van der Waals surface area contributed by atoms with Crippen molar-refractivity contribution >= 4 is 0 Å². The minimum absolute atomic E-state index is 0.513. The molecule has 0 amide bonds. The van der Waals surface area contributed by atoms with E-state index in [1.54, 1.807) is 0 Å². The zero-order chi connectivity index (χ0) is 5.40. The molecule has 0 unspecified atom stereocenters. The standard InChI is InChI=1S/C6H10NO/c1-2-6-4-7-3-5(1)8-6/h5,7H,1-4H2/t5-/m0/s1. The van der Waals surface area contributed by atoms with E-state index in [0.717, 1.165) is 13.1 Å². The summed E-state index contributed by atoms with van der Waals surface area (Å²) in [5.41, 5.74) is 0. The molecule has 2 heterocycles. The smallest absolute Gasteiger partial charge is 0.111 e. The van der Waals surface area contributed by atoms with Crippen molar-refractivity contribution in [2.24, 2.45) is 0 Å². The van der Waals surface area contributed by atoms with Crippen molar-refractivity contribution in [3.8, 4) is 0 Å². The number of morpholine rings is 1. The Bertz CT molecular complexity index is 80.5. The predicted molar refractivity (Wildman–Crippen MR) is 30.2 cm³/mol. The minimum Gasteiger partial charge on any atom is -0.366 e. The van der Waals surface area contributed by atoms with Crippen molar-refractivity contribution in [3.05, 3.63) is 6.10 Å². The van der Waals surface area contributed by atoms with Gasteiger partial charge >= 0.3 is 0 Å². The van der Waals surface area contributed by atoms with E-state index >= 15 is 0 Å². The van der Waals surface area contributed by atoms with Crippen molar-refractivity contribution < 1.29 is 4.74 Å². The fourth-order valence-corrected chi connectivity index (χ4v) is 1.32. The molecular formula is C6H10NO. The second-order valence-electron chi connectivity index (χ2n) is 2.45. The van der Waals surface area contributed by atoms with Gasteiger partial charge in [0.05, 0.1) is 6.10 Å². The van der Waals surface area contributed by atoms with Crippen molar-refractivity contribution in [1.82, 2.24) is 5.32 Å². The first-order chi connectivity index (χ1) is 3.95. The van der Waals surface area contributed by atoms with Crippen LogP contribution in [0, 0.1) is 6.10 Å². The summed E-state index contributed by atoms with van der Waals surface area (Å²) in [6.45, 7) is 2.06. The molecule has 0 aromatic heterocycles. The van der Waals surface area contributed by atoms with Crippen molar-refractivity contribution in [2.45, 2.75) is 18.9 Å². The minimum atomic E-state index is 0.513. The van der Waals surface area contributed by atoms with E-state index in [1.165, 1.54) is 18.9 Å². The Labute approximate surface area is 49.2 Å². The SMILES string of the molecule is C1C[C@H]2CNC[C]1O2. The van der Waals surface area contributed by atoms with E-state index in [-0.39, 0.29) is 0 Å². The molecule has 0 spiro atoms. The molecule has 45 valence electrons. The summed E-state index contributed by atoms with van der Waals surface area (Å²) in [5.74, 6) is 0. The van der Waals surface area contributed by atoms with Gasteiger partial charge in [-0.15, -0.1) is 0 Å². The van der Waals surface area contributed by atoms with E-state index in [2.05, 4.69) is 5.32 Å². The quantitative estimate of drug-likeness (QED) is 0.486. The van der Waals surface area contributed by atoms with Crippen LogP contribution in [0.1, 0.15) is 12.8 Å². The lowest BCUT2D eigenvalue weighted by Crippen LogP contribution is -2.34. The topological polar surface area (TPSA) is 21.3 Å². The van der Waals surface area contributed by atoms with Crippen LogP contribution in [0.3, 0.4) is 0 Å². The number of rotatable bonds is 0. The number of hydrogen-bond donors (Lipinski definition) is 1. The summed E-state index contributed by atoms with van der Waals surface area (Å²) in [6, 6.07) is 0. The van der Waals surface area contributed by atoms with Crippen molar-refractivity contribution in [1.29, 1.82) is 0 Å². The van der Waals surface area contributed by atoms with Gasteiger partial charge in [-0.2, -0.15) is 0 Å². The average Bonchev–Trinajstić information content (AvgIpc) is 2.12. The lowest BCUT2D eigenvalue weighted by atomic mass is 10.2. The second-order valence-corrected chi connectivity index (χ2v) is 2.45. The molecule has 2 aliphatic heterocycles. The van der Waals surface area contributed by atoms with E-state index in [0.29, 0.717) is 6.10 Å². The predicted octanol–water partition coefficient (Wildman–Crippen LogP) is 0.301. The molecule has 0 saturated carbocycles. The van der Waals surface area contributed by atoms with Crippen LogP contribution in [0.25, 0.3) is 0 Å². The number of nitrogens with one attached hydrogen (secondary N) is 1. The Morgan fingerprint density at radius 3 is 3.38 bits per heavy atom. The molecule has 2 heteroatoms. The third kappa shape index (κ3) is 0.644.